The molecule has 1 aliphatic rings. The molecule has 1 unspecified atom stereocenters. The van der Waals surface area contributed by atoms with Gasteiger partial charge in [-0.15, -0.1) is 0 Å². The van der Waals surface area contributed by atoms with Crippen LogP contribution in [0.1, 0.15) is 38.9 Å². The Morgan fingerprint density at radius 1 is 1.48 bits per heavy atom. The zero-order chi connectivity index (χ0) is 14.7. The van der Waals surface area contributed by atoms with Gasteiger partial charge in [0.15, 0.2) is 11.6 Å². The number of H-pyrrole nitrogens is 1. The maximum Gasteiger partial charge on any atom is 0.154 e. The summed E-state index contributed by atoms with van der Waals surface area (Å²) >= 11 is 0. The number of aromatic amines is 1. The van der Waals surface area contributed by atoms with Crippen molar-refractivity contribution in [3.05, 3.63) is 36.4 Å². The minimum absolute atomic E-state index is 0.562. The van der Waals surface area contributed by atoms with E-state index < -0.39 is 0 Å². The molecule has 3 rings (SSSR count). The number of aliphatic imine (C=N–C) groups is 1. The largest absolute Gasteiger partial charge is 0.354 e. The highest BCUT2D eigenvalue weighted by atomic mass is 15.2. The van der Waals surface area contributed by atoms with Crippen LogP contribution in [0.3, 0.4) is 0 Å². The zero-order valence-electron chi connectivity index (χ0n) is 12.6. The van der Waals surface area contributed by atoms with E-state index in [9.17, 15) is 0 Å². The fourth-order valence-corrected chi connectivity index (χ4v) is 2.77. The molecular weight excluding hydrogens is 262 g/mol. The third kappa shape index (κ3) is 2.96. The lowest BCUT2D eigenvalue weighted by Gasteiger charge is -2.22. The number of nitrogens with one attached hydrogen (secondary N) is 1. The predicted molar refractivity (Wildman–Crippen MR) is 85.4 cm³/mol. The van der Waals surface area contributed by atoms with Crippen LogP contribution in [-0.4, -0.2) is 33.3 Å². The van der Waals surface area contributed by atoms with Crippen molar-refractivity contribution in [2.45, 2.75) is 39.2 Å². The molecule has 0 saturated carbocycles. The number of nitrogens with zero attached hydrogens (tertiary/aromatic N) is 4. The van der Waals surface area contributed by atoms with Crippen molar-refractivity contribution in [1.29, 1.82) is 0 Å². The van der Waals surface area contributed by atoms with Crippen LogP contribution in [0.25, 0.3) is 0 Å². The Hall–Kier alpha value is -2.17. The van der Waals surface area contributed by atoms with Gasteiger partial charge in [0.05, 0.1) is 5.71 Å². The maximum absolute atomic E-state index is 4.70. The molecule has 2 aromatic heterocycles. The average Bonchev–Trinajstić information content (AvgIpc) is 3.16. The van der Waals surface area contributed by atoms with Crippen molar-refractivity contribution < 1.29 is 0 Å². The van der Waals surface area contributed by atoms with Crippen LogP contribution in [0.5, 0.6) is 0 Å². The molecule has 1 saturated heterocycles. The lowest BCUT2D eigenvalue weighted by molar-refractivity contribution is 0.727. The summed E-state index contributed by atoms with van der Waals surface area (Å²) in [6.07, 6.45) is 6.86. The third-order valence-corrected chi connectivity index (χ3v) is 3.92. The van der Waals surface area contributed by atoms with E-state index in [0.717, 1.165) is 36.1 Å². The molecule has 21 heavy (non-hydrogen) atoms. The van der Waals surface area contributed by atoms with E-state index in [1.165, 1.54) is 12.8 Å². The highest BCUT2D eigenvalue weighted by Gasteiger charge is 2.21. The Kier molecular flexibility index (Phi) is 3.99. The van der Waals surface area contributed by atoms with Gasteiger partial charge in [0.25, 0.3) is 0 Å². The summed E-state index contributed by atoms with van der Waals surface area (Å²) in [6.45, 7) is 5.42. The van der Waals surface area contributed by atoms with E-state index >= 15 is 0 Å². The van der Waals surface area contributed by atoms with E-state index in [1.54, 1.807) is 6.20 Å². The number of hydrogen-bond acceptors (Lipinski definition) is 4. The number of imidazole rings is 1. The number of hydrogen-bond donors (Lipinski definition) is 1. The maximum atomic E-state index is 4.70. The number of aromatic nitrogens is 3. The monoisotopic (exact) mass is 283 g/mol. The molecule has 0 bridgehead atoms. The van der Waals surface area contributed by atoms with Gasteiger partial charge in [0.2, 0.25) is 0 Å². The SMILES string of the molecule is CCC(=Nc1cccc(N2CCCC2C)n1)c1ncc[nH]1. The molecule has 1 fully saturated rings. The van der Waals surface area contributed by atoms with Crippen LogP contribution in [0.2, 0.25) is 0 Å². The van der Waals surface area contributed by atoms with Gasteiger partial charge in [-0.05, 0) is 38.3 Å². The lowest BCUT2D eigenvalue weighted by Crippen LogP contribution is -2.26. The predicted octanol–water partition coefficient (Wildman–Crippen LogP) is 3.32. The second-order valence-electron chi connectivity index (χ2n) is 5.39. The van der Waals surface area contributed by atoms with Gasteiger partial charge in [-0.3, -0.25) is 0 Å². The van der Waals surface area contributed by atoms with E-state index in [-0.39, 0.29) is 0 Å². The summed E-state index contributed by atoms with van der Waals surface area (Å²) in [6, 6.07) is 6.61. The van der Waals surface area contributed by atoms with E-state index in [2.05, 4.69) is 39.8 Å². The molecule has 1 aliphatic heterocycles. The molecule has 110 valence electrons. The first-order chi connectivity index (χ1) is 10.3. The van der Waals surface area contributed by atoms with Crippen LogP contribution in [0.15, 0.2) is 35.6 Å². The summed E-state index contributed by atoms with van der Waals surface area (Å²) in [5.74, 6) is 2.59. The molecule has 2 aromatic rings. The highest BCUT2D eigenvalue weighted by Crippen LogP contribution is 2.25. The van der Waals surface area contributed by atoms with E-state index in [1.807, 2.05) is 18.3 Å². The Labute approximate surface area is 125 Å². The van der Waals surface area contributed by atoms with Gasteiger partial charge >= 0.3 is 0 Å². The third-order valence-electron chi connectivity index (χ3n) is 3.92. The number of rotatable bonds is 4. The van der Waals surface area contributed by atoms with E-state index in [4.69, 9.17) is 4.98 Å². The Bertz CT molecular complexity index is 617. The van der Waals surface area contributed by atoms with Gasteiger partial charge in [-0.1, -0.05) is 13.0 Å². The molecule has 0 aromatic carbocycles. The normalized spacial score (nSPS) is 19.2. The minimum Gasteiger partial charge on any atom is -0.354 e. The molecular formula is C16H21N5. The molecule has 3 heterocycles. The molecule has 5 nitrogen and oxygen atoms in total. The smallest absolute Gasteiger partial charge is 0.154 e. The first kappa shape index (κ1) is 13.8. The van der Waals surface area contributed by atoms with Crippen molar-refractivity contribution in [2.75, 3.05) is 11.4 Å². The van der Waals surface area contributed by atoms with Crippen LogP contribution >= 0.6 is 0 Å². The van der Waals surface area contributed by atoms with Crippen molar-refractivity contribution in [3.63, 3.8) is 0 Å². The molecule has 0 amide bonds. The standard InChI is InChI=1S/C16H21N5/c1-3-13(16-17-9-10-18-16)19-14-7-4-8-15(20-14)21-11-5-6-12(21)2/h4,7-10,12H,3,5-6,11H2,1-2H3,(H,17,18). The fourth-order valence-electron chi connectivity index (χ4n) is 2.77. The molecule has 1 atom stereocenters. The summed E-state index contributed by atoms with van der Waals surface area (Å²) in [5.41, 5.74) is 0.930. The van der Waals surface area contributed by atoms with Gasteiger partial charge < -0.3 is 9.88 Å². The number of anilines is 1. The van der Waals surface area contributed by atoms with Crippen LogP contribution in [0.4, 0.5) is 11.6 Å². The van der Waals surface area contributed by atoms with Gasteiger partial charge in [-0.2, -0.15) is 0 Å². The summed E-state index contributed by atoms with van der Waals surface area (Å²) in [5, 5.41) is 0. The van der Waals surface area contributed by atoms with Gasteiger partial charge in [0.1, 0.15) is 5.82 Å². The Balaban J connectivity index is 1.89. The van der Waals surface area contributed by atoms with E-state index in [0.29, 0.717) is 6.04 Å². The van der Waals surface area contributed by atoms with Crippen molar-refractivity contribution in [1.82, 2.24) is 15.0 Å². The summed E-state index contributed by atoms with van der Waals surface area (Å²) in [4.78, 5) is 19.1. The molecule has 1 N–H and O–H groups in total. The van der Waals surface area contributed by atoms with Crippen molar-refractivity contribution in [2.24, 2.45) is 4.99 Å². The quantitative estimate of drug-likeness (QED) is 0.876. The molecule has 0 spiro atoms. The van der Waals surface area contributed by atoms with Crippen LogP contribution < -0.4 is 4.90 Å². The fraction of sp³-hybridized carbons (Fsp3) is 0.438. The second kappa shape index (κ2) is 6.08. The number of pyridine rings is 1. The van der Waals surface area contributed by atoms with Crippen LogP contribution in [-0.2, 0) is 0 Å². The molecule has 0 aliphatic carbocycles. The first-order valence-corrected chi connectivity index (χ1v) is 7.59. The van der Waals surface area contributed by atoms with Gasteiger partial charge in [-0.25, -0.2) is 15.0 Å². The average molecular weight is 283 g/mol. The minimum atomic E-state index is 0.562. The second-order valence-corrected chi connectivity index (χ2v) is 5.39. The van der Waals surface area contributed by atoms with Crippen molar-refractivity contribution in [3.8, 4) is 0 Å². The highest BCUT2D eigenvalue weighted by molar-refractivity contribution is 5.98. The Morgan fingerprint density at radius 2 is 2.38 bits per heavy atom. The zero-order valence-corrected chi connectivity index (χ0v) is 12.6. The first-order valence-electron chi connectivity index (χ1n) is 7.59. The van der Waals surface area contributed by atoms with Crippen LogP contribution in [0, 0.1) is 0 Å². The van der Waals surface area contributed by atoms with Gasteiger partial charge in [0, 0.05) is 25.0 Å². The van der Waals surface area contributed by atoms with Crippen molar-refractivity contribution >= 4 is 17.3 Å². The summed E-state index contributed by atoms with van der Waals surface area (Å²) < 4.78 is 0. The molecule has 5 heteroatoms. The topological polar surface area (TPSA) is 57.2 Å². The lowest BCUT2D eigenvalue weighted by atomic mass is 10.2. The molecule has 0 radical (unpaired) electrons. The Morgan fingerprint density at radius 3 is 3.05 bits per heavy atom. The summed E-state index contributed by atoms with van der Waals surface area (Å²) in [7, 11) is 0.